The fraction of sp³-hybridized carbons (Fsp3) is 0.462. The predicted molar refractivity (Wildman–Crippen MR) is 65.7 cm³/mol. The molecule has 16 heavy (non-hydrogen) atoms. The van der Waals surface area contributed by atoms with Crippen molar-refractivity contribution in [3.63, 3.8) is 0 Å². The number of nitrogens with zero attached hydrogens (tertiary/aromatic N) is 1. The maximum absolute atomic E-state index is 5.23. The quantitative estimate of drug-likeness (QED) is 0.577. The van der Waals surface area contributed by atoms with Gasteiger partial charge in [-0.15, -0.1) is 0 Å². The first-order valence-corrected chi connectivity index (χ1v) is 5.31. The average molecular weight is 221 g/mol. The van der Waals surface area contributed by atoms with Gasteiger partial charge in [-0.1, -0.05) is 44.1 Å². The molecule has 0 amide bonds. The van der Waals surface area contributed by atoms with Gasteiger partial charge in [-0.05, 0) is 6.07 Å². The third-order valence-electron chi connectivity index (χ3n) is 1.93. The van der Waals surface area contributed by atoms with Crippen LogP contribution in [0.25, 0.3) is 0 Å². The van der Waals surface area contributed by atoms with Gasteiger partial charge in [0.05, 0.1) is 7.11 Å². The Morgan fingerprint density at radius 3 is 2.56 bits per heavy atom. The zero-order chi connectivity index (χ0) is 12.0. The number of hydrogen-bond donors (Lipinski definition) is 0. The summed E-state index contributed by atoms with van der Waals surface area (Å²) in [5.41, 5.74) is 1.04. The fourth-order valence-corrected chi connectivity index (χ4v) is 1.12. The smallest absolute Gasteiger partial charge is 0.145 e. The summed E-state index contributed by atoms with van der Waals surface area (Å²) in [6, 6.07) is 7.76. The van der Waals surface area contributed by atoms with Gasteiger partial charge < -0.3 is 9.57 Å². The van der Waals surface area contributed by atoms with E-state index in [9.17, 15) is 0 Å². The Labute approximate surface area is 97.1 Å². The number of hydrogen-bond acceptors (Lipinski definition) is 3. The maximum Gasteiger partial charge on any atom is 0.145 e. The van der Waals surface area contributed by atoms with Crippen molar-refractivity contribution in [2.75, 3.05) is 7.11 Å². The lowest BCUT2D eigenvalue weighted by Crippen LogP contribution is -2.06. The lowest BCUT2D eigenvalue weighted by molar-refractivity contribution is 0.127. The first-order valence-electron chi connectivity index (χ1n) is 5.31. The van der Waals surface area contributed by atoms with Gasteiger partial charge in [0.15, 0.2) is 0 Å². The molecule has 3 heteroatoms. The highest BCUT2D eigenvalue weighted by Crippen LogP contribution is 2.18. The third kappa shape index (κ3) is 4.34. The van der Waals surface area contributed by atoms with Crippen molar-refractivity contribution in [1.82, 2.24) is 0 Å². The number of benzene rings is 1. The molecule has 3 nitrogen and oxygen atoms in total. The highest BCUT2D eigenvalue weighted by Gasteiger charge is 2.05. The number of rotatable bonds is 4. The Balaban J connectivity index is 2.52. The number of para-hydroxylation sites is 1. The Kier molecular flexibility index (Phi) is 4.35. The molecule has 0 aliphatic heterocycles. The van der Waals surface area contributed by atoms with E-state index in [2.05, 4.69) is 25.9 Å². The van der Waals surface area contributed by atoms with Crippen LogP contribution in [0.5, 0.6) is 5.75 Å². The van der Waals surface area contributed by atoms with Crippen LogP contribution in [-0.2, 0) is 11.4 Å². The fourth-order valence-electron chi connectivity index (χ4n) is 1.12. The molecule has 0 aliphatic rings. The van der Waals surface area contributed by atoms with E-state index in [0.717, 1.165) is 11.3 Å². The average Bonchev–Trinajstić information content (AvgIpc) is 2.23. The molecule has 0 saturated carbocycles. The van der Waals surface area contributed by atoms with E-state index in [1.165, 1.54) is 0 Å². The SMILES string of the molecule is COc1ccccc1CON=CC(C)(C)C. The molecule has 0 unspecified atom stereocenters. The van der Waals surface area contributed by atoms with E-state index in [-0.39, 0.29) is 5.41 Å². The van der Waals surface area contributed by atoms with Crippen LogP contribution in [0.2, 0.25) is 0 Å². The predicted octanol–water partition coefficient (Wildman–Crippen LogP) is 3.24. The summed E-state index contributed by atoms with van der Waals surface area (Å²) >= 11 is 0. The topological polar surface area (TPSA) is 30.8 Å². The number of methoxy groups -OCH3 is 1. The van der Waals surface area contributed by atoms with Crippen LogP contribution in [0.4, 0.5) is 0 Å². The molecule has 0 heterocycles. The van der Waals surface area contributed by atoms with Crippen molar-refractivity contribution in [3.05, 3.63) is 29.8 Å². The molecule has 0 spiro atoms. The van der Waals surface area contributed by atoms with Gasteiger partial charge in [0.2, 0.25) is 0 Å². The maximum atomic E-state index is 5.23. The molecule has 0 aromatic heterocycles. The highest BCUT2D eigenvalue weighted by atomic mass is 16.6. The van der Waals surface area contributed by atoms with Crippen molar-refractivity contribution in [3.8, 4) is 5.75 Å². The molecule has 0 atom stereocenters. The zero-order valence-electron chi connectivity index (χ0n) is 10.4. The first kappa shape index (κ1) is 12.6. The van der Waals surface area contributed by atoms with Crippen molar-refractivity contribution in [2.24, 2.45) is 10.6 Å². The van der Waals surface area contributed by atoms with Gasteiger partial charge in [-0.2, -0.15) is 0 Å². The van der Waals surface area contributed by atoms with Gasteiger partial charge in [0.25, 0.3) is 0 Å². The van der Waals surface area contributed by atoms with E-state index in [1.807, 2.05) is 24.3 Å². The van der Waals surface area contributed by atoms with Gasteiger partial charge in [-0.3, -0.25) is 0 Å². The Morgan fingerprint density at radius 2 is 1.94 bits per heavy atom. The third-order valence-corrected chi connectivity index (χ3v) is 1.93. The molecule has 0 radical (unpaired) electrons. The minimum Gasteiger partial charge on any atom is -0.496 e. The highest BCUT2D eigenvalue weighted by molar-refractivity contribution is 5.63. The molecule has 1 aromatic carbocycles. The number of oxime groups is 1. The summed E-state index contributed by atoms with van der Waals surface area (Å²) < 4.78 is 5.21. The molecular formula is C13H19NO2. The van der Waals surface area contributed by atoms with E-state index in [1.54, 1.807) is 13.3 Å². The Morgan fingerprint density at radius 1 is 1.25 bits per heavy atom. The molecule has 1 rings (SSSR count). The van der Waals surface area contributed by atoms with Crippen molar-refractivity contribution in [2.45, 2.75) is 27.4 Å². The van der Waals surface area contributed by atoms with Crippen LogP contribution in [0.1, 0.15) is 26.3 Å². The van der Waals surface area contributed by atoms with E-state index in [4.69, 9.17) is 9.57 Å². The van der Waals surface area contributed by atoms with Gasteiger partial charge in [0.1, 0.15) is 12.4 Å². The largest absolute Gasteiger partial charge is 0.496 e. The first-order chi connectivity index (χ1) is 7.53. The van der Waals surface area contributed by atoms with Crippen molar-refractivity contribution < 1.29 is 9.57 Å². The van der Waals surface area contributed by atoms with E-state index >= 15 is 0 Å². The summed E-state index contributed by atoms with van der Waals surface area (Å²) in [6.07, 6.45) is 1.79. The summed E-state index contributed by atoms with van der Waals surface area (Å²) in [5.74, 6) is 0.827. The molecule has 1 aromatic rings. The van der Waals surface area contributed by atoms with Crippen LogP contribution in [0.15, 0.2) is 29.4 Å². The van der Waals surface area contributed by atoms with Crippen LogP contribution >= 0.6 is 0 Å². The molecule has 0 bridgehead atoms. The molecule has 88 valence electrons. The lowest BCUT2D eigenvalue weighted by atomic mass is 10.00. The summed E-state index contributed by atoms with van der Waals surface area (Å²) in [5, 5.41) is 3.93. The van der Waals surface area contributed by atoms with Crippen molar-refractivity contribution in [1.29, 1.82) is 0 Å². The molecule has 0 N–H and O–H groups in total. The second-order valence-corrected chi connectivity index (χ2v) is 4.69. The van der Waals surface area contributed by atoms with E-state index in [0.29, 0.717) is 6.61 Å². The van der Waals surface area contributed by atoms with E-state index < -0.39 is 0 Å². The molecule has 0 aliphatic carbocycles. The second kappa shape index (κ2) is 5.54. The van der Waals surface area contributed by atoms with Crippen molar-refractivity contribution >= 4 is 6.21 Å². The second-order valence-electron chi connectivity index (χ2n) is 4.69. The standard InChI is InChI=1S/C13H19NO2/c1-13(2,3)10-14-16-9-11-7-5-6-8-12(11)15-4/h5-8,10H,9H2,1-4H3. The van der Waals surface area contributed by atoms with Crippen LogP contribution in [-0.4, -0.2) is 13.3 Å². The molecule has 0 fully saturated rings. The summed E-state index contributed by atoms with van der Waals surface area (Å²) in [4.78, 5) is 5.23. The molecular weight excluding hydrogens is 202 g/mol. The monoisotopic (exact) mass is 221 g/mol. The summed E-state index contributed by atoms with van der Waals surface area (Å²) in [7, 11) is 1.65. The molecule has 0 saturated heterocycles. The lowest BCUT2D eigenvalue weighted by Gasteiger charge is -2.10. The van der Waals surface area contributed by atoms with Gasteiger partial charge in [-0.25, -0.2) is 0 Å². The van der Waals surface area contributed by atoms with Crippen LogP contribution < -0.4 is 4.74 Å². The van der Waals surface area contributed by atoms with Gasteiger partial charge >= 0.3 is 0 Å². The summed E-state index contributed by atoms with van der Waals surface area (Å²) in [6.45, 7) is 6.64. The van der Waals surface area contributed by atoms with Crippen LogP contribution in [0.3, 0.4) is 0 Å². The minimum absolute atomic E-state index is 0.0424. The zero-order valence-corrected chi connectivity index (χ0v) is 10.4. The normalized spacial score (nSPS) is 11.8. The van der Waals surface area contributed by atoms with Crippen LogP contribution in [0, 0.1) is 5.41 Å². The Hall–Kier alpha value is -1.51. The Bertz CT molecular complexity index is 353. The van der Waals surface area contributed by atoms with Gasteiger partial charge in [0, 0.05) is 17.2 Å². The number of ether oxygens (including phenoxy) is 1. The minimum atomic E-state index is 0.0424.